The molecular weight excluding hydrogens is 320 g/mol. The van der Waals surface area contributed by atoms with Crippen molar-refractivity contribution in [2.24, 2.45) is 5.92 Å². The Morgan fingerprint density at radius 2 is 1.88 bits per heavy atom. The van der Waals surface area contributed by atoms with Gasteiger partial charge in [0.15, 0.2) is 11.6 Å². The molecule has 3 rings (SSSR count). The van der Waals surface area contributed by atoms with Crippen LogP contribution in [0.15, 0.2) is 36.4 Å². The van der Waals surface area contributed by atoms with Gasteiger partial charge in [0.05, 0.1) is 12.3 Å². The van der Waals surface area contributed by atoms with Crippen LogP contribution in [0.3, 0.4) is 0 Å². The molecule has 1 aromatic carbocycles. The lowest BCUT2D eigenvalue weighted by atomic mass is 9.99. The van der Waals surface area contributed by atoms with Crippen LogP contribution >= 0.6 is 0 Å². The molecule has 1 aromatic heterocycles. The van der Waals surface area contributed by atoms with Crippen LogP contribution < -0.4 is 15.4 Å². The molecular formula is C18H22N4O3. The highest BCUT2D eigenvalue weighted by atomic mass is 16.5. The Bertz CT molecular complexity index is 700. The lowest BCUT2D eigenvalue weighted by molar-refractivity contribution is -0.122. The van der Waals surface area contributed by atoms with Gasteiger partial charge >= 0.3 is 0 Å². The number of benzene rings is 1. The first-order chi connectivity index (χ1) is 12.3. The molecule has 0 unspecified atom stereocenters. The molecule has 1 amide bonds. The fraction of sp³-hybridized carbons (Fsp3) is 0.389. The average molecular weight is 342 g/mol. The zero-order valence-corrected chi connectivity index (χ0v) is 14.2. The molecule has 2 heterocycles. The minimum absolute atomic E-state index is 0.0218. The maximum absolute atomic E-state index is 12.2. The number of anilines is 3. The lowest BCUT2D eigenvalue weighted by Crippen LogP contribution is -2.28. The number of carbonyl (C=O) groups excluding carboxylic acids is 1. The van der Waals surface area contributed by atoms with Crippen molar-refractivity contribution in [3.63, 3.8) is 0 Å². The molecule has 0 bridgehead atoms. The predicted molar refractivity (Wildman–Crippen MR) is 95.1 cm³/mol. The third-order valence-electron chi connectivity index (χ3n) is 3.96. The Kier molecular flexibility index (Phi) is 5.79. The summed E-state index contributed by atoms with van der Waals surface area (Å²) in [6.07, 6.45) is 1.49. The highest BCUT2D eigenvalue weighted by molar-refractivity contribution is 5.91. The van der Waals surface area contributed by atoms with E-state index in [9.17, 15) is 4.79 Å². The van der Waals surface area contributed by atoms with Crippen molar-refractivity contribution in [2.45, 2.75) is 19.8 Å². The van der Waals surface area contributed by atoms with Gasteiger partial charge in [-0.05, 0) is 44.0 Å². The van der Waals surface area contributed by atoms with E-state index in [0.29, 0.717) is 31.5 Å². The van der Waals surface area contributed by atoms with Crippen LogP contribution in [0.2, 0.25) is 0 Å². The van der Waals surface area contributed by atoms with Crippen molar-refractivity contribution in [3.8, 4) is 5.75 Å². The third kappa shape index (κ3) is 4.67. The fourth-order valence-electron chi connectivity index (χ4n) is 2.64. The number of para-hydroxylation sites is 2. The van der Waals surface area contributed by atoms with Gasteiger partial charge in [0.1, 0.15) is 5.75 Å². The van der Waals surface area contributed by atoms with Gasteiger partial charge in [0.25, 0.3) is 0 Å². The second kappa shape index (κ2) is 8.43. The van der Waals surface area contributed by atoms with Gasteiger partial charge in [-0.2, -0.15) is 0 Å². The summed E-state index contributed by atoms with van der Waals surface area (Å²) in [5.41, 5.74) is 0.817. The second-order valence-corrected chi connectivity index (χ2v) is 5.73. The SMILES string of the molecule is CCOc1ccccc1Nc1ccc(NC(=O)C2CCOCC2)nn1. The van der Waals surface area contributed by atoms with E-state index in [2.05, 4.69) is 20.8 Å². The van der Waals surface area contributed by atoms with E-state index in [0.717, 1.165) is 24.3 Å². The minimum Gasteiger partial charge on any atom is -0.492 e. The Hall–Kier alpha value is -2.67. The Balaban J connectivity index is 1.61. The normalized spacial score (nSPS) is 14.8. The van der Waals surface area contributed by atoms with Crippen LogP contribution in [-0.2, 0) is 9.53 Å². The number of nitrogens with one attached hydrogen (secondary N) is 2. The highest BCUT2D eigenvalue weighted by Gasteiger charge is 2.21. The molecule has 2 N–H and O–H groups in total. The number of amides is 1. The van der Waals surface area contributed by atoms with Crippen molar-refractivity contribution in [2.75, 3.05) is 30.5 Å². The van der Waals surface area contributed by atoms with Gasteiger partial charge in [0.2, 0.25) is 5.91 Å². The van der Waals surface area contributed by atoms with E-state index in [1.54, 1.807) is 12.1 Å². The van der Waals surface area contributed by atoms with E-state index in [-0.39, 0.29) is 11.8 Å². The molecule has 0 spiro atoms. The summed E-state index contributed by atoms with van der Waals surface area (Å²) in [7, 11) is 0. The lowest BCUT2D eigenvalue weighted by Gasteiger charge is -2.20. The standard InChI is InChI=1S/C18H22N4O3/c1-2-25-15-6-4-3-5-14(15)19-16-7-8-17(22-21-16)20-18(23)13-9-11-24-12-10-13/h3-8,13H,2,9-12H2,1H3,(H,19,21)(H,20,22,23). The average Bonchev–Trinajstić information content (AvgIpc) is 2.66. The summed E-state index contributed by atoms with van der Waals surface area (Å²) in [6, 6.07) is 11.1. The molecule has 1 aliphatic heterocycles. The van der Waals surface area contributed by atoms with E-state index in [4.69, 9.17) is 9.47 Å². The molecule has 132 valence electrons. The van der Waals surface area contributed by atoms with Crippen LogP contribution in [0.1, 0.15) is 19.8 Å². The summed E-state index contributed by atoms with van der Waals surface area (Å²) in [4.78, 5) is 12.2. The Labute approximate surface area is 146 Å². The van der Waals surface area contributed by atoms with Crippen molar-refractivity contribution in [1.82, 2.24) is 10.2 Å². The zero-order chi connectivity index (χ0) is 17.5. The van der Waals surface area contributed by atoms with Crippen LogP contribution in [0, 0.1) is 5.92 Å². The molecule has 0 atom stereocenters. The maximum Gasteiger partial charge on any atom is 0.228 e. The molecule has 25 heavy (non-hydrogen) atoms. The summed E-state index contributed by atoms with van der Waals surface area (Å²) < 4.78 is 10.8. The van der Waals surface area contributed by atoms with Crippen LogP contribution in [0.25, 0.3) is 0 Å². The molecule has 1 fully saturated rings. The van der Waals surface area contributed by atoms with Crippen molar-refractivity contribution in [3.05, 3.63) is 36.4 Å². The topological polar surface area (TPSA) is 85.4 Å². The molecule has 0 saturated carbocycles. The molecule has 7 nitrogen and oxygen atoms in total. The van der Waals surface area contributed by atoms with Gasteiger partial charge in [-0.25, -0.2) is 0 Å². The van der Waals surface area contributed by atoms with Gasteiger partial charge in [-0.15, -0.1) is 10.2 Å². The van der Waals surface area contributed by atoms with Crippen LogP contribution in [0.5, 0.6) is 5.75 Å². The van der Waals surface area contributed by atoms with Crippen molar-refractivity contribution >= 4 is 23.2 Å². The van der Waals surface area contributed by atoms with Gasteiger partial charge < -0.3 is 20.1 Å². The number of aromatic nitrogens is 2. The maximum atomic E-state index is 12.2. The molecule has 7 heteroatoms. The fourth-order valence-corrected chi connectivity index (χ4v) is 2.64. The number of ether oxygens (including phenoxy) is 2. The molecule has 0 radical (unpaired) electrons. The molecule has 1 aliphatic rings. The Morgan fingerprint density at radius 1 is 1.16 bits per heavy atom. The van der Waals surface area contributed by atoms with E-state index in [1.165, 1.54) is 0 Å². The van der Waals surface area contributed by atoms with Crippen molar-refractivity contribution in [1.29, 1.82) is 0 Å². The smallest absolute Gasteiger partial charge is 0.228 e. The van der Waals surface area contributed by atoms with E-state index < -0.39 is 0 Å². The number of hydrogen-bond donors (Lipinski definition) is 2. The molecule has 2 aromatic rings. The minimum atomic E-state index is -0.0278. The third-order valence-corrected chi connectivity index (χ3v) is 3.96. The molecule has 1 saturated heterocycles. The summed E-state index contributed by atoms with van der Waals surface area (Å²) >= 11 is 0. The van der Waals surface area contributed by atoms with E-state index >= 15 is 0 Å². The number of rotatable bonds is 6. The first-order valence-corrected chi connectivity index (χ1v) is 8.47. The highest BCUT2D eigenvalue weighted by Crippen LogP contribution is 2.26. The Morgan fingerprint density at radius 3 is 2.60 bits per heavy atom. The largest absolute Gasteiger partial charge is 0.492 e. The van der Waals surface area contributed by atoms with Gasteiger partial charge in [0, 0.05) is 19.1 Å². The monoisotopic (exact) mass is 342 g/mol. The predicted octanol–water partition coefficient (Wildman–Crippen LogP) is 2.98. The first-order valence-electron chi connectivity index (χ1n) is 8.47. The second-order valence-electron chi connectivity index (χ2n) is 5.73. The molecule has 0 aliphatic carbocycles. The first kappa shape index (κ1) is 17.2. The number of nitrogens with zero attached hydrogens (tertiary/aromatic N) is 2. The van der Waals surface area contributed by atoms with Gasteiger partial charge in [-0.3, -0.25) is 4.79 Å². The zero-order valence-electron chi connectivity index (χ0n) is 14.2. The van der Waals surface area contributed by atoms with Gasteiger partial charge in [-0.1, -0.05) is 12.1 Å². The quantitative estimate of drug-likeness (QED) is 0.839. The number of hydrogen-bond acceptors (Lipinski definition) is 6. The summed E-state index contributed by atoms with van der Waals surface area (Å²) in [5, 5.41) is 14.2. The number of carbonyl (C=O) groups is 1. The summed E-state index contributed by atoms with van der Waals surface area (Å²) in [6.45, 7) is 3.78. The van der Waals surface area contributed by atoms with E-state index in [1.807, 2.05) is 31.2 Å². The van der Waals surface area contributed by atoms with Crippen LogP contribution in [-0.4, -0.2) is 35.9 Å². The van der Waals surface area contributed by atoms with Crippen molar-refractivity contribution < 1.29 is 14.3 Å². The summed E-state index contributed by atoms with van der Waals surface area (Å²) in [5.74, 6) is 1.73. The van der Waals surface area contributed by atoms with Crippen LogP contribution in [0.4, 0.5) is 17.3 Å².